The first-order valence-electron chi connectivity index (χ1n) is 12.7. The minimum atomic E-state index is -0.00541. The molecule has 4 fully saturated rings. The third-order valence-corrected chi connectivity index (χ3v) is 11.3. The highest BCUT2D eigenvalue weighted by Gasteiger charge is 2.70. The SMILES string of the molecule is CC(C)CCC[C@@H](C)[C@H]1CC[C@H]2[C@@H]3C[C@]4(C=O)[C@@H](C)CC[C@]4(C)[C@H]3CC[C@]12C. The molecule has 160 valence electrons. The monoisotopic (exact) mass is 386 g/mol. The van der Waals surface area contributed by atoms with E-state index in [1.54, 1.807) is 0 Å². The Bertz CT molecular complexity index is 595. The minimum absolute atomic E-state index is 0.00541. The summed E-state index contributed by atoms with van der Waals surface area (Å²) in [6, 6.07) is 0. The summed E-state index contributed by atoms with van der Waals surface area (Å²) >= 11 is 0. The van der Waals surface area contributed by atoms with Gasteiger partial charge in [0.15, 0.2) is 0 Å². The molecule has 1 nitrogen and oxygen atoms in total. The van der Waals surface area contributed by atoms with E-state index in [0.717, 1.165) is 35.5 Å². The van der Waals surface area contributed by atoms with Crippen LogP contribution in [-0.4, -0.2) is 6.29 Å². The fourth-order valence-corrected chi connectivity index (χ4v) is 9.61. The topological polar surface area (TPSA) is 17.1 Å². The van der Waals surface area contributed by atoms with Gasteiger partial charge in [0, 0.05) is 5.41 Å². The summed E-state index contributed by atoms with van der Waals surface area (Å²) in [5, 5.41) is 0. The Morgan fingerprint density at radius 2 is 1.71 bits per heavy atom. The van der Waals surface area contributed by atoms with Gasteiger partial charge in [-0.05, 0) is 97.2 Å². The van der Waals surface area contributed by atoms with Gasteiger partial charge >= 0.3 is 0 Å². The van der Waals surface area contributed by atoms with Gasteiger partial charge in [-0.25, -0.2) is 0 Å². The van der Waals surface area contributed by atoms with Crippen LogP contribution in [0.5, 0.6) is 0 Å². The molecule has 0 saturated heterocycles. The molecule has 4 aliphatic rings. The molecule has 0 unspecified atom stereocenters. The van der Waals surface area contributed by atoms with Crippen molar-refractivity contribution in [2.24, 2.45) is 57.7 Å². The predicted octanol–water partition coefficient (Wildman–Crippen LogP) is 7.53. The van der Waals surface area contributed by atoms with Crippen LogP contribution in [0.25, 0.3) is 0 Å². The Morgan fingerprint density at radius 1 is 0.964 bits per heavy atom. The Hall–Kier alpha value is -0.330. The third kappa shape index (κ3) is 2.73. The Labute approximate surface area is 174 Å². The molecule has 0 spiro atoms. The van der Waals surface area contributed by atoms with E-state index in [-0.39, 0.29) is 5.41 Å². The summed E-state index contributed by atoms with van der Waals surface area (Å²) in [4.78, 5) is 12.5. The molecule has 0 aromatic heterocycles. The first-order valence-corrected chi connectivity index (χ1v) is 12.7. The van der Waals surface area contributed by atoms with Crippen LogP contribution in [0, 0.1) is 57.7 Å². The maximum atomic E-state index is 12.5. The lowest BCUT2D eigenvalue weighted by Crippen LogP contribution is -2.44. The van der Waals surface area contributed by atoms with Crippen molar-refractivity contribution in [2.45, 2.75) is 106 Å². The number of fused-ring (bicyclic) bond motifs is 5. The summed E-state index contributed by atoms with van der Waals surface area (Å²) in [5.41, 5.74) is 0.830. The summed E-state index contributed by atoms with van der Waals surface area (Å²) in [5.74, 6) is 5.76. The van der Waals surface area contributed by atoms with E-state index >= 15 is 0 Å². The molecule has 4 rings (SSSR count). The van der Waals surface area contributed by atoms with E-state index < -0.39 is 0 Å². The lowest BCUT2D eigenvalue weighted by atomic mass is 9.54. The fourth-order valence-electron chi connectivity index (χ4n) is 9.61. The third-order valence-electron chi connectivity index (χ3n) is 11.3. The second-order valence-electron chi connectivity index (χ2n) is 12.6. The van der Waals surface area contributed by atoms with Gasteiger partial charge in [0.25, 0.3) is 0 Å². The molecular formula is C27H46O. The van der Waals surface area contributed by atoms with Crippen LogP contribution in [0.4, 0.5) is 0 Å². The Balaban J connectivity index is 1.53. The van der Waals surface area contributed by atoms with Gasteiger partial charge in [0.05, 0.1) is 0 Å². The summed E-state index contributed by atoms with van der Waals surface area (Å²) < 4.78 is 0. The van der Waals surface area contributed by atoms with Gasteiger partial charge in [-0.15, -0.1) is 0 Å². The maximum Gasteiger partial charge on any atom is 0.126 e. The number of hydrogen-bond donors (Lipinski definition) is 0. The van der Waals surface area contributed by atoms with Gasteiger partial charge in [0.1, 0.15) is 6.29 Å². The van der Waals surface area contributed by atoms with Crippen molar-refractivity contribution in [3.8, 4) is 0 Å². The molecule has 0 aromatic carbocycles. The molecule has 4 aliphatic carbocycles. The van der Waals surface area contributed by atoms with Gasteiger partial charge in [-0.1, -0.05) is 60.8 Å². The summed E-state index contributed by atoms with van der Waals surface area (Å²) in [6.07, 6.45) is 15.2. The number of carbonyl (C=O) groups is 1. The average Bonchev–Trinajstić information content (AvgIpc) is 3.20. The van der Waals surface area contributed by atoms with E-state index in [2.05, 4.69) is 41.5 Å². The van der Waals surface area contributed by atoms with Gasteiger partial charge in [-0.2, -0.15) is 0 Å². The smallest absolute Gasteiger partial charge is 0.126 e. The van der Waals surface area contributed by atoms with Crippen molar-refractivity contribution in [3.05, 3.63) is 0 Å². The molecule has 0 aromatic rings. The summed E-state index contributed by atoms with van der Waals surface area (Å²) in [7, 11) is 0. The molecule has 0 N–H and O–H groups in total. The van der Waals surface area contributed by atoms with Crippen molar-refractivity contribution in [3.63, 3.8) is 0 Å². The van der Waals surface area contributed by atoms with E-state index in [1.807, 2.05) is 0 Å². The standard InChI is InChI=1S/C27H46O/c1-18(2)8-7-9-19(3)22-10-11-23-21-16-27(17-28)20(4)12-15-26(27,6)24(21)13-14-25(22,23)5/h17-24H,7-16H2,1-6H3/t19-,20+,21+,22-,23+,24+,25-,26-,27+/m1/s1. The zero-order chi connectivity index (χ0) is 20.3. The molecule has 4 saturated carbocycles. The second kappa shape index (κ2) is 7.12. The largest absolute Gasteiger partial charge is 0.303 e. The molecule has 0 radical (unpaired) electrons. The fraction of sp³-hybridized carbons (Fsp3) is 0.963. The van der Waals surface area contributed by atoms with E-state index in [4.69, 9.17) is 0 Å². The molecule has 0 aliphatic heterocycles. The molecule has 0 heterocycles. The van der Waals surface area contributed by atoms with E-state index in [0.29, 0.717) is 16.7 Å². The van der Waals surface area contributed by atoms with E-state index in [1.165, 1.54) is 70.5 Å². The van der Waals surface area contributed by atoms with Crippen molar-refractivity contribution >= 4 is 6.29 Å². The van der Waals surface area contributed by atoms with Crippen LogP contribution in [-0.2, 0) is 4.79 Å². The maximum absolute atomic E-state index is 12.5. The molecule has 9 atom stereocenters. The molecule has 28 heavy (non-hydrogen) atoms. The first kappa shape index (κ1) is 20.9. The molecule has 0 amide bonds. The molecular weight excluding hydrogens is 340 g/mol. The predicted molar refractivity (Wildman–Crippen MR) is 118 cm³/mol. The van der Waals surface area contributed by atoms with Crippen LogP contribution in [0.3, 0.4) is 0 Å². The Kier molecular flexibility index (Phi) is 5.32. The number of rotatable bonds is 6. The van der Waals surface area contributed by atoms with Crippen LogP contribution in [0.15, 0.2) is 0 Å². The van der Waals surface area contributed by atoms with Crippen LogP contribution in [0.2, 0.25) is 0 Å². The minimum Gasteiger partial charge on any atom is -0.303 e. The highest BCUT2D eigenvalue weighted by molar-refractivity contribution is 5.64. The lowest BCUT2D eigenvalue weighted by Gasteiger charge is -2.50. The zero-order valence-electron chi connectivity index (χ0n) is 19.6. The second-order valence-corrected chi connectivity index (χ2v) is 12.6. The van der Waals surface area contributed by atoms with Crippen molar-refractivity contribution in [2.75, 3.05) is 0 Å². The molecule has 1 heteroatoms. The Morgan fingerprint density at radius 3 is 2.39 bits per heavy atom. The van der Waals surface area contributed by atoms with Crippen molar-refractivity contribution < 1.29 is 4.79 Å². The van der Waals surface area contributed by atoms with Crippen LogP contribution in [0.1, 0.15) is 106 Å². The van der Waals surface area contributed by atoms with Crippen molar-refractivity contribution in [1.82, 2.24) is 0 Å². The zero-order valence-corrected chi connectivity index (χ0v) is 19.6. The normalized spacial score (nSPS) is 51.0. The van der Waals surface area contributed by atoms with Gasteiger partial charge < -0.3 is 4.79 Å². The number of hydrogen-bond acceptors (Lipinski definition) is 1. The first-order chi connectivity index (χ1) is 13.2. The quantitative estimate of drug-likeness (QED) is 0.431. The molecule has 0 bridgehead atoms. The number of aldehydes is 1. The van der Waals surface area contributed by atoms with E-state index in [9.17, 15) is 4.79 Å². The highest BCUT2D eigenvalue weighted by Crippen LogP contribution is 2.75. The van der Waals surface area contributed by atoms with Gasteiger partial charge in [0.2, 0.25) is 0 Å². The van der Waals surface area contributed by atoms with Crippen LogP contribution < -0.4 is 0 Å². The van der Waals surface area contributed by atoms with Crippen molar-refractivity contribution in [1.29, 1.82) is 0 Å². The highest BCUT2D eigenvalue weighted by atomic mass is 16.1. The average molecular weight is 387 g/mol. The van der Waals surface area contributed by atoms with Gasteiger partial charge in [-0.3, -0.25) is 0 Å². The lowest BCUT2D eigenvalue weighted by molar-refractivity contribution is -0.123. The summed E-state index contributed by atoms with van der Waals surface area (Å²) in [6.45, 7) is 14.8. The number of carbonyl (C=O) groups excluding carboxylic acids is 1. The van der Waals surface area contributed by atoms with Crippen LogP contribution >= 0.6 is 0 Å².